The number of nitrogen functional groups attached to an aromatic ring is 1. The van der Waals surface area contributed by atoms with Crippen molar-refractivity contribution in [3.05, 3.63) is 12.2 Å². The first-order valence-electron chi connectivity index (χ1n) is 8.35. The Morgan fingerprint density at radius 3 is 2.38 bits per heavy atom. The van der Waals surface area contributed by atoms with Gasteiger partial charge in [-0.3, -0.25) is 9.09 Å². The highest BCUT2D eigenvalue weighted by Gasteiger charge is 2.47. The first-order chi connectivity index (χ1) is 14.6. The van der Waals surface area contributed by atoms with E-state index >= 15 is 0 Å². The number of aryl methyl sites for hydroxylation is 1. The molecular weight excluding hydrogens is 503 g/mol. The van der Waals surface area contributed by atoms with Gasteiger partial charge in [-0.25, -0.2) is 28.6 Å². The second-order valence-electron chi connectivity index (χ2n) is 6.41. The molecule has 1 saturated heterocycles. The highest BCUT2D eigenvalue weighted by Crippen LogP contribution is 2.66. The molecule has 8 N–H and O–H groups in total. The molecule has 1 aliphatic rings. The van der Waals surface area contributed by atoms with Gasteiger partial charge in [-0.2, -0.15) is 8.62 Å². The van der Waals surface area contributed by atoms with Crippen molar-refractivity contribution in [3.8, 4) is 0 Å². The van der Waals surface area contributed by atoms with Crippen LogP contribution in [0, 0.1) is 6.92 Å². The Hall–Kier alpha value is -1.36. The summed E-state index contributed by atoms with van der Waals surface area (Å²) in [6, 6.07) is 0. The van der Waals surface area contributed by atoms with Gasteiger partial charge < -0.3 is 40.3 Å². The standard InChI is InChI=1S/C11H18N5O13P3/c1-4-14-9(12)6-10(15-4)16(3-13-6)11-8(18)7(17)5(27-11)2-26-31(22,23)29-32(24,25)28-30(19,20)21/h3,5,7-8,11,17-18H,2H2,1H3,(H,22,23)(H,24,25)(H2,12,14,15)(H2,19,20,21)/t5-,7-,8-,11-/m1/s1. The molecule has 0 aliphatic carbocycles. The number of imidazole rings is 1. The van der Waals surface area contributed by atoms with Crippen molar-refractivity contribution in [1.29, 1.82) is 0 Å². The number of hydrogen-bond donors (Lipinski definition) is 7. The van der Waals surface area contributed by atoms with Crippen LogP contribution in [0.2, 0.25) is 0 Å². The molecule has 0 spiro atoms. The number of fused-ring (bicyclic) bond motifs is 1. The first kappa shape index (κ1) is 25.3. The predicted molar refractivity (Wildman–Crippen MR) is 100 cm³/mol. The fourth-order valence-corrected chi connectivity index (χ4v) is 5.84. The number of nitrogens with two attached hydrogens (primary N) is 1. The average Bonchev–Trinajstić information content (AvgIpc) is 3.12. The lowest BCUT2D eigenvalue weighted by Gasteiger charge is -2.19. The van der Waals surface area contributed by atoms with E-state index in [9.17, 15) is 28.8 Å². The average molecular weight is 521 g/mol. The van der Waals surface area contributed by atoms with E-state index < -0.39 is 54.6 Å². The van der Waals surface area contributed by atoms with Gasteiger partial charge in [0.2, 0.25) is 0 Å². The van der Waals surface area contributed by atoms with E-state index in [1.807, 2.05) is 0 Å². The molecule has 2 aromatic rings. The lowest BCUT2D eigenvalue weighted by Crippen LogP contribution is -2.33. The van der Waals surface area contributed by atoms with Gasteiger partial charge in [0.15, 0.2) is 17.7 Å². The van der Waals surface area contributed by atoms with Crippen molar-refractivity contribution in [2.45, 2.75) is 31.5 Å². The molecule has 0 amide bonds. The molecule has 0 bridgehead atoms. The number of anilines is 1. The maximum Gasteiger partial charge on any atom is 0.490 e. The van der Waals surface area contributed by atoms with Crippen molar-refractivity contribution in [2.75, 3.05) is 12.3 Å². The lowest BCUT2D eigenvalue weighted by atomic mass is 10.1. The number of hydrogen-bond acceptors (Lipinski definition) is 13. The Morgan fingerprint density at radius 1 is 1.09 bits per heavy atom. The van der Waals surface area contributed by atoms with Gasteiger partial charge in [0, 0.05) is 0 Å². The zero-order chi connectivity index (χ0) is 24.1. The monoisotopic (exact) mass is 521 g/mol. The molecule has 6 atom stereocenters. The molecule has 2 unspecified atom stereocenters. The summed E-state index contributed by atoms with van der Waals surface area (Å²) < 4.78 is 52.1. The molecule has 1 aliphatic heterocycles. The second kappa shape index (κ2) is 8.77. The number of rotatable bonds is 8. The zero-order valence-corrected chi connectivity index (χ0v) is 18.5. The van der Waals surface area contributed by atoms with E-state index in [1.54, 1.807) is 6.92 Å². The van der Waals surface area contributed by atoms with Crippen molar-refractivity contribution >= 4 is 40.4 Å². The summed E-state index contributed by atoms with van der Waals surface area (Å²) >= 11 is 0. The Labute approximate surface area is 178 Å². The minimum atomic E-state index is -5.71. The molecule has 0 radical (unpaired) electrons. The van der Waals surface area contributed by atoms with E-state index in [2.05, 4.69) is 28.1 Å². The van der Waals surface area contributed by atoms with Gasteiger partial charge in [-0.05, 0) is 6.92 Å². The van der Waals surface area contributed by atoms with Crippen LogP contribution in [0.1, 0.15) is 12.1 Å². The third kappa shape index (κ3) is 5.76. The molecule has 0 aromatic carbocycles. The number of phosphoric ester groups is 1. The molecule has 3 heterocycles. The van der Waals surface area contributed by atoms with Crippen LogP contribution in [-0.4, -0.2) is 74.2 Å². The maximum atomic E-state index is 11.8. The second-order valence-corrected chi connectivity index (χ2v) is 10.8. The number of aliphatic hydroxyl groups is 2. The number of aromatic nitrogens is 4. The number of nitrogens with zero attached hydrogens (tertiary/aromatic N) is 4. The van der Waals surface area contributed by atoms with Gasteiger partial charge >= 0.3 is 23.5 Å². The van der Waals surface area contributed by atoms with Crippen LogP contribution in [0.15, 0.2) is 6.33 Å². The summed E-state index contributed by atoms with van der Waals surface area (Å²) in [5.74, 6) is 0.345. The van der Waals surface area contributed by atoms with Gasteiger partial charge in [0.25, 0.3) is 0 Å². The quantitative estimate of drug-likeness (QED) is 0.198. The third-order valence-electron chi connectivity index (χ3n) is 3.99. The Morgan fingerprint density at radius 2 is 1.75 bits per heavy atom. The molecule has 32 heavy (non-hydrogen) atoms. The summed E-state index contributed by atoms with van der Waals surface area (Å²) in [5, 5.41) is 20.5. The summed E-state index contributed by atoms with van der Waals surface area (Å²) in [5.41, 5.74) is 6.13. The molecule has 2 aromatic heterocycles. The zero-order valence-electron chi connectivity index (χ0n) is 15.8. The Kier molecular flexibility index (Phi) is 6.93. The SMILES string of the molecule is Cc1nc(N)c2ncn([C@@H]3O[C@H](COP(=O)(O)OP(=O)(O)OP(=O)(O)O)[C@@H](O)[C@H]3O)c2n1. The van der Waals surface area contributed by atoms with Crippen molar-refractivity contribution < 1.29 is 61.4 Å². The van der Waals surface area contributed by atoms with Crippen molar-refractivity contribution in [2.24, 2.45) is 0 Å². The van der Waals surface area contributed by atoms with Gasteiger partial charge in [-0.1, -0.05) is 0 Å². The normalized spacial score (nSPS) is 28.0. The number of phosphoric acid groups is 3. The minimum Gasteiger partial charge on any atom is -0.387 e. The molecular formula is C11H18N5O13P3. The largest absolute Gasteiger partial charge is 0.490 e. The van der Waals surface area contributed by atoms with Gasteiger partial charge in [-0.15, -0.1) is 0 Å². The minimum absolute atomic E-state index is 0.0588. The smallest absolute Gasteiger partial charge is 0.387 e. The van der Waals surface area contributed by atoms with Crippen LogP contribution < -0.4 is 5.73 Å². The summed E-state index contributed by atoms with van der Waals surface area (Å²) in [4.78, 5) is 47.8. The van der Waals surface area contributed by atoms with E-state index in [4.69, 9.17) is 25.2 Å². The number of ether oxygens (including phenoxy) is 1. The molecule has 3 rings (SSSR count). The van der Waals surface area contributed by atoms with Crippen LogP contribution in [-0.2, 0) is 31.6 Å². The lowest BCUT2D eigenvalue weighted by molar-refractivity contribution is -0.0503. The van der Waals surface area contributed by atoms with E-state index in [-0.39, 0.29) is 22.8 Å². The fraction of sp³-hybridized carbons (Fsp3) is 0.545. The topological polar surface area (TPSA) is 279 Å². The summed E-state index contributed by atoms with van der Waals surface area (Å²) in [7, 11) is -16.7. The summed E-state index contributed by atoms with van der Waals surface area (Å²) in [6.07, 6.45) is -4.82. The molecule has 18 nitrogen and oxygen atoms in total. The fourth-order valence-electron chi connectivity index (χ4n) is 2.81. The summed E-state index contributed by atoms with van der Waals surface area (Å²) in [6.45, 7) is 0.598. The van der Waals surface area contributed by atoms with Crippen molar-refractivity contribution in [1.82, 2.24) is 19.5 Å². The molecule has 1 fully saturated rings. The first-order valence-corrected chi connectivity index (χ1v) is 12.9. The predicted octanol–water partition coefficient (Wildman–Crippen LogP) is -1.32. The molecule has 180 valence electrons. The highest BCUT2D eigenvalue weighted by atomic mass is 31.3. The van der Waals surface area contributed by atoms with E-state index in [1.165, 1.54) is 10.9 Å². The highest BCUT2D eigenvalue weighted by molar-refractivity contribution is 7.66. The van der Waals surface area contributed by atoms with Gasteiger partial charge in [0.05, 0.1) is 12.9 Å². The van der Waals surface area contributed by atoms with Crippen LogP contribution in [0.4, 0.5) is 5.82 Å². The van der Waals surface area contributed by atoms with Crippen LogP contribution in [0.25, 0.3) is 11.2 Å². The number of aliphatic hydroxyl groups excluding tert-OH is 2. The van der Waals surface area contributed by atoms with Gasteiger partial charge in [0.1, 0.15) is 29.7 Å². The molecule has 0 saturated carbocycles. The van der Waals surface area contributed by atoms with Crippen molar-refractivity contribution in [3.63, 3.8) is 0 Å². The molecule has 21 heteroatoms. The Balaban J connectivity index is 1.72. The van der Waals surface area contributed by atoms with E-state index in [0.717, 1.165) is 0 Å². The van der Waals surface area contributed by atoms with Crippen LogP contribution in [0.5, 0.6) is 0 Å². The van der Waals surface area contributed by atoms with E-state index in [0.29, 0.717) is 0 Å². The Bertz CT molecular complexity index is 1150. The maximum absolute atomic E-state index is 11.8. The third-order valence-corrected chi connectivity index (χ3v) is 7.79. The van der Waals surface area contributed by atoms with Crippen LogP contribution >= 0.6 is 23.5 Å². The van der Waals surface area contributed by atoms with Crippen LogP contribution in [0.3, 0.4) is 0 Å².